The summed E-state index contributed by atoms with van der Waals surface area (Å²) in [6.07, 6.45) is 5.16. The van der Waals surface area contributed by atoms with Gasteiger partial charge in [-0.3, -0.25) is 0 Å². The van der Waals surface area contributed by atoms with E-state index in [2.05, 4.69) is 26.8 Å². The quantitative estimate of drug-likeness (QED) is 0.310. The predicted molar refractivity (Wildman–Crippen MR) is 161 cm³/mol. The number of hydrogen-bond donors (Lipinski definition) is 2. The van der Waals surface area contributed by atoms with Crippen LogP contribution >= 0.6 is 0 Å². The third-order valence-corrected chi connectivity index (χ3v) is 8.42. The van der Waals surface area contributed by atoms with Gasteiger partial charge in [0.1, 0.15) is 23.7 Å². The second-order valence-electron chi connectivity index (χ2n) is 11.1. The van der Waals surface area contributed by atoms with Crippen molar-refractivity contribution in [3.63, 3.8) is 0 Å². The summed E-state index contributed by atoms with van der Waals surface area (Å²) in [4.78, 5) is 18.0. The molecule has 2 N–H and O–H groups in total. The minimum absolute atomic E-state index is 0.0632. The number of hydrogen-bond acceptors (Lipinski definition) is 8. The highest BCUT2D eigenvalue weighted by molar-refractivity contribution is 6.03. The van der Waals surface area contributed by atoms with E-state index in [9.17, 15) is 10.2 Å². The molecule has 4 aromatic rings. The lowest BCUT2D eigenvalue weighted by atomic mass is 9.91. The number of aromatic nitrogens is 2. The number of aliphatic hydroxyl groups excluding tert-OH is 1. The highest BCUT2D eigenvalue weighted by atomic mass is 19.1. The number of nitrogens with zero attached hydrogens (tertiary/aromatic N) is 5. The summed E-state index contributed by atoms with van der Waals surface area (Å²) < 4.78 is 23.1. The van der Waals surface area contributed by atoms with Crippen molar-refractivity contribution in [2.45, 2.75) is 44.2 Å². The molecule has 9 heteroatoms. The van der Waals surface area contributed by atoms with E-state index >= 15 is 4.39 Å². The van der Waals surface area contributed by atoms with Gasteiger partial charge in [-0.25, -0.2) is 4.39 Å². The molecule has 214 valence electrons. The molecule has 0 bridgehead atoms. The van der Waals surface area contributed by atoms with Crippen LogP contribution in [0.25, 0.3) is 32.8 Å². The first-order valence-electron chi connectivity index (χ1n) is 14.3. The highest BCUT2D eigenvalue weighted by Gasteiger charge is 2.27. The Balaban J connectivity index is 1.56. The average Bonchev–Trinajstić information content (AvgIpc) is 3.39. The Morgan fingerprint density at radius 1 is 1.07 bits per heavy atom. The molecule has 0 unspecified atom stereocenters. The van der Waals surface area contributed by atoms with Gasteiger partial charge in [0.2, 0.25) is 0 Å². The molecule has 0 aliphatic carbocycles. The van der Waals surface area contributed by atoms with E-state index in [1.165, 1.54) is 0 Å². The van der Waals surface area contributed by atoms with Crippen LogP contribution < -0.4 is 9.64 Å². The number of piperidine rings is 1. The Morgan fingerprint density at radius 2 is 1.88 bits per heavy atom. The molecule has 2 aliphatic rings. The average molecular weight is 558 g/mol. The zero-order valence-electron chi connectivity index (χ0n) is 23.6. The summed E-state index contributed by atoms with van der Waals surface area (Å²) >= 11 is 0. The van der Waals surface area contributed by atoms with Gasteiger partial charge in [-0.2, -0.15) is 9.97 Å². The number of phenolic OH excluding ortho intramolecular Hbond substituents is 1. The van der Waals surface area contributed by atoms with Gasteiger partial charge in [-0.1, -0.05) is 24.3 Å². The number of aromatic hydroxyl groups is 1. The van der Waals surface area contributed by atoms with Crippen molar-refractivity contribution in [3.05, 3.63) is 53.8 Å². The van der Waals surface area contributed by atoms with Gasteiger partial charge < -0.3 is 29.7 Å². The maximum atomic E-state index is 17.0. The molecule has 2 saturated heterocycles. The second-order valence-corrected chi connectivity index (χ2v) is 11.1. The van der Waals surface area contributed by atoms with Crippen LogP contribution in [0.15, 0.2) is 47.5 Å². The van der Waals surface area contributed by atoms with E-state index in [1.54, 1.807) is 25.4 Å². The molecular formula is C32H36FN5O3. The fourth-order valence-corrected chi connectivity index (χ4v) is 6.13. The first kappa shape index (κ1) is 27.4. The van der Waals surface area contributed by atoms with Crippen LogP contribution in [0.3, 0.4) is 0 Å². The summed E-state index contributed by atoms with van der Waals surface area (Å²) in [5.41, 5.74) is 1.87. The van der Waals surface area contributed by atoms with Crippen molar-refractivity contribution in [2.24, 2.45) is 4.99 Å². The largest absolute Gasteiger partial charge is 0.508 e. The SMILES string of the molecule is CN=CCc1cc2c(N3CCC(O)CC3)nc(OC[C@@H]3CCCN3C)nc2c(F)c1-c1cc(O)cc2ccccc12. The lowest BCUT2D eigenvalue weighted by molar-refractivity contribution is 0.145. The van der Waals surface area contributed by atoms with Crippen molar-refractivity contribution >= 4 is 33.7 Å². The van der Waals surface area contributed by atoms with Gasteiger partial charge in [-0.15, -0.1) is 0 Å². The van der Waals surface area contributed by atoms with Gasteiger partial charge in [0.25, 0.3) is 0 Å². The minimum Gasteiger partial charge on any atom is -0.508 e. The van der Waals surface area contributed by atoms with Crippen LogP contribution in [0.4, 0.5) is 10.2 Å². The Bertz CT molecular complexity index is 1600. The number of aliphatic hydroxyl groups is 1. The van der Waals surface area contributed by atoms with Crippen LogP contribution in [-0.4, -0.2) is 83.8 Å². The number of rotatable bonds is 7. The van der Waals surface area contributed by atoms with E-state index in [0.717, 1.165) is 35.7 Å². The smallest absolute Gasteiger partial charge is 0.319 e. The lowest BCUT2D eigenvalue weighted by Crippen LogP contribution is -2.36. The Labute approximate surface area is 239 Å². The minimum atomic E-state index is -0.485. The number of benzene rings is 3. The summed E-state index contributed by atoms with van der Waals surface area (Å²) in [5.74, 6) is 0.187. The van der Waals surface area contributed by atoms with E-state index in [1.807, 2.05) is 30.3 Å². The number of ether oxygens (including phenoxy) is 1. The van der Waals surface area contributed by atoms with Gasteiger partial charge in [-0.05, 0) is 79.4 Å². The molecule has 1 atom stereocenters. The summed E-state index contributed by atoms with van der Waals surface area (Å²) in [6, 6.07) is 13.3. The van der Waals surface area contributed by atoms with E-state index in [0.29, 0.717) is 61.3 Å². The third-order valence-electron chi connectivity index (χ3n) is 8.42. The molecule has 6 rings (SSSR count). The molecule has 0 spiro atoms. The lowest BCUT2D eigenvalue weighted by Gasteiger charge is -2.31. The molecule has 3 heterocycles. The van der Waals surface area contributed by atoms with Gasteiger partial charge in [0.15, 0.2) is 5.82 Å². The molecule has 2 aliphatic heterocycles. The van der Waals surface area contributed by atoms with Gasteiger partial charge in [0, 0.05) is 49.8 Å². The van der Waals surface area contributed by atoms with Gasteiger partial charge >= 0.3 is 6.01 Å². The summed E-state index contributed by atoms with van der Waals surface area (Å²) in [7, 11) is 3.78. The van der Waals surface area contributed by atoms with E-state index in [-0.39, 0.29) is 29.4 Å². The fourth-order valence-electron chi connectivity index (χ4n) is 6.13. The van der Waals surface area contributed by atoms with Crippen molar-refractivity contribution in [1.82, 2.24) is 14.9 Å². The molecule has 2 fully saturated rings. The molecule has 8 nitrogen and oxygen atoms in total. The van der Waals surface area contributed by atoms with Crippen LogP contribution in [0.1, 0.15) is 31.2 Å². The summed E-state index contributed by atoms with van der Waals surface area (Å²) in [6.45, 7) is 2.65. The number of fused-ring (bicyclic) bond motifs is 2. The maximum Gasteiger partial charge on any atom is 0.319 e. The first-order chi connectivity index (χ1) is 19.9. The highest BCUT2D eigenvalue weighted by Crippen LogP contribution is 2.41. The normalized spacial score (nSPS) is 18.7. The number of halogens is 1. The number of likely N-dealkylation sites (tertiary alicyclic amines) is 1. The van der Waals surface area contributed by atoms with Crippen molar-refractivity contribution in [1.29, 1.82) is 0 Å². The van der Waals surface area contributed by atoms with Crippen LogP contribution in [0.2, 0.25) is 0 Å². The number of aliphatic imine (C=N–C) groups is 1. The third kappa shape index (κ3) is 5.44. The monoisotopic (exact) mass is 557 g/mol. The fraction of sp³-hybridized carbons (Fsp3) is 0.406. The summed E-state index contributed by atoms with van der Waals surface area (Å²) in [5, 5.41) is 23.0. The Kier molecular flexibility index (Phi) is 7.73. The Morgan fingerprint density at radius 3 is 2.63 bits per heavy atom. The first-order valence-corrected chi connectivity index (χ1v) is 14.3. The number of likely N-dealkylation sites (N-methyl/N-ethyl adjacent to an activating group) is 1. The molecule has 3 aromatic carbocycles. The zero-order chi connectivity index (χ0) is 28.5. The topological polar surface area (TPSA) is 94.3 Å². The zero-order valence-corrected chi connectivity index (χ0v) is 23.6. The van der Waals surface area contributed by atoms with Crippen molar-refractivity contribution in [3.8, 4) is 22.9 Å². The molecular weight excluding hydrogens is 521 g/mol. The van der Waals surface area contributed by atoms with Crippen LogP contribution in [0.5, 0.6) is 11.8 Å². The number of anilines is 1. The van der Waals surface area contributed by atoms with Crippen LogP contribution in [-0.2, 0) is 6.42 Å². The number of phenols is 1. The maximum absolute atomic E-state index is 17.0. The standard InChI is InChI=1S/C32H36FN5O3/c1-34-12-9-21-17-27-30(29(33)28(21)26-18-24(40)16-20-6-3-4-8-25(20)26)35-32(41-19-22-7-5-13-37(22)2)36-31(27)38-14-10-23(39)11-15-38/h3-4,6,8,12,16-18,22-23,39-40H,5,7,9-11,13-15,19H2,1-2H3/t22-/m0/s1. The van der Waals surface area contributed by atoms with Gasteiger partial charge in [0.05, 0.1) is 6.10 Å². The molecule has 0 amide bonds. The molecule has 41 heavy (non-hydrogen) atoms. The van der Waals surface area contributed by atoms with Crippen molar-refractivity contribution in [2.75, 3.05) is 45.2 Å². The van der Waals surface area contributed by atoms with Crippen molar-refractivity contribution < 1.29 is 19.3 Å². The molecule has 1 aromatic heterocycles. The van der Waals surface area contributed by atoms with E-state index < -0.39 is 5.82 Å². The Hall–Kier alpha value is -3.82. The van der Waals surface area contributed by atoms with Crippen LogP contribution in [0, 0.1) is 5.82 Å². The second kappa shape index (κ2) is 11.6. The predicted octanol–water partition coefficient (Wildman–Crippen LogP) is 4.97. The molecule has 0 radical (unpaired) electrons. The van der Waals surface area contributed by atoms with E-state index in [4.69, 9.17) is 9.72 Å². The molecule has 0 saturated carbocycles.